The van der Waals surface area contributed by atoms with Crippen LogP contribution in [0, 0.1) is 0 Å². The van der Waals surface area contributed by atoms with Gasteiger partial charge in [0.1, 0.15) is 0 Å². The summed E-state index contributed by atoms with van der Waals surface area (Å²) in [6.45, 7) is 5.26. The van der Waals surface area contributed by atoms with Crippen molar-refractivity contribution in [1.82, 2.24) is 5.32 Å². The summed E-state index contributed by atoms with van der Waals surface area (Å²) in [6.07, 6.45) is 0.990. The lowest BCUT2D eigenvalue weighted by atomic mass is 10.1. The van der Waals surface area contributed by atoms with Gasteiger partial charge in [0.15, 0.2) is 0 Å². The van der Waals surface area contributed by atoms with E-state index in [0.29, 0.717) is 17.2 Å². The molecule has 1 aromatic carbocycles. The molecule has 0 aromatic heterocycles. The fourth-order valence-electron chi connectivity index (χ4n) is 1.71. The fourth-order valence-corrected chi connectivity index (χ4v) is 1.88. The van der Waals surface area contributed by atoms with E-state index in [1.807, 2.05) is 13.0 Å². The molecule has 0 radical (unpaired) electrons. The number of nitrogens with one attached hydrogen (secondary N) is 2. The van der Waals surface area contributed by atoms with Gasteiger partial charge in [0.05, 0.1) is 12.2 Å². The van der Waals surface area contributed by atoms with Gasteiger partial charge in [-0.3, -0.25) is 4.79 Å². The number of methoxy groups -OCH3 is 1. The van der Waals surface area contributed by atoms with Crippen LogP contribution in [0.25, 0.3) is 0 Å². The van der Waals surface area contributed by atoms with Crippen LogP contribution >= 0.6 is 11.6 Å². The highest BCUT2D eigenvalue weighted by molar-refractivity contribution is 6.31. The van der Waals surface area contributed by atoms with Crippen LogP contribution < -0.4 is 10.6 Å². The van der Waals surface area contributed by atoms with E-state index in [4.69, 9.17) is 16.3 Å². The Morgan fingerprint density at radius 2 is 2.21 bits per heavy atom. The first-order valence-electron chi connectivity index (χ1n) is 6.41. The molecule has 1 amide bonds. The Bertz CT molecular complexity index is 424. The first-order valence-corrected chi connectivity index (χ1v) is 6.79. The molecular formula is C14H21ClN2O2. The lowest BCUT2D eigenvalue weighted by Gasteiger charge is -2.16. The molecule has 1 aromatic rings. The Labute approximate surface area is 119 Å². The first kappa shape index (κ1) is 15.8. The predicted molar refractivity (Wildman–Crippen MR) is 79.0 cm³/mol. The molecule has 1 rings (SSSR count). The average Bonchev–Trinajstić information content (AvgIpc) is 2.37. The van der Waals surface area contributed by atoms with E-state index in [1.165, 1.54) is 0 Å². The van der Waals surface area contributed by atoms with Gasteiger partial charge in [0.2, 0.25) is 0 Å². The second kappa shape index (κ2) is 8.02. The van der Waals surface area contributed by atoms with Gasteiger partial charge in [-0.15, -0.1) is 0 Å². The van der Waals surface area contributed by atoms with E-state index in [2.05, 4.69) is 17.6 Å². The second-order valence-electron chi connectivity index (χ2n) is 4.45. The van der Waals surface area contributed by atoms with Crippen molar-refractivity contribution in [3.05, 3.63) is 28.8 Å². The van der Waals surface area contributed by atoms with Crippen molar-refractivity contribution in [2.75, 3.05) is 25.6 Å². The summed E-state index contributed by atoms with van der Waals surface area (Å²) in [7, 11) is 1.61. The lowest BCUT2D eigenvalue weighted by molar-refractivity contribution is 0.0906. The van der Waals surface area contributed by atoms with Crippen molar-refractivity contribution in [2.45, 2.75) is 26.3 Å². The molecule has 0 saturated carbocycles. The standard InChI is InChI=1S/C14H21ClN2O2/c1-4-7-16-13-6-5-11(15)8-12(13)14(18)17-10(2)9-19-3/h5-6,8,10,16H,4,7,9H2,1-3H3,(H,17,18). The molecular weight excluding hydrogens is 264 g/mol. The number of hydrogen-bond donors (Lipinski definition) is 2. The van der Waals surface area contributed by atoms with Gasteiger partial charge in [0.25, 0.3) is 5.91 Å². The maximum atomic E-state index is 12.2. The topological polar surface area (TPSA) is 50.4 Å². The highest BCUT2D eigenvalue weighted by Gasteiger charge is 2.14. The van der Waals surface area contributed by atoms with Gasteiger partial charge in [-0.2, -0.15) is 0 Å². The van der Waals surface area contributed by atoms with Crippen LogP contribution in [-0.4, -0.2) is 32.2 Å². The van der Waals surface area contributed by atoms with Crippen molar-refractivity contribution in [2.24, 2.45) is 0 Å². The van der Waals surface area contributed by atoms with Crippen LogP contribution in [-0.2, 0) is 4.74 Å². The quantitative estimate of drug-likeness (QED) is 0.809. The molecule has 0 aliphatic rings. The molecule has 1 unspecified atom stereocenters. The highest BCUT2D eigenvalue weighted by Crippen LogP contribution is 2.20. The minimum Gasteiger partial charge on any atom is -0.384 e. The number of hydrogen-bond acceptors (Lipinski definition) is 3. The van der Waals surface area contributed by atoms with E-state index >= 15 is 0 Å². The van der Waals surface area contributed by atoms with Gasteiger partial charge in [0, 0.05) is 30.4 Å². The monoisotopic (exact) mass is 284 g/mol. The van der Waals surface area contributed by atoms with Crippen molar-refractivity contribution in [3.8, 4) is 0 Å². The Hall–Kier alpha value is -1.26. The van der Waals surface area contributed by atoms with Crippen LogP contribution in [0.15, 0.2) is 18.2 Å². The number of rotatable bonds is 7. The Morgan fingerprint density at radius 3 is 2.84 bits per heavy atom. The zero-order valence-corrected chi connectivity index (χ0v) is 12.4. The van der Waals surface area contributed by atoms with Gasteiger partial charge in [-0.25, -0.2) is 0 Å². The molecule has 106 valence electrons. The van der Waals surface area contributed by atoms with Crippen LogP contribution in [0.5, 0.6) is 0 Å². The number of ether oxygens (including phenoxy) is 1. The molecule has 0 bridgehead atoms. The first-order chi connectivity index (χ1) is 9.08. The van der Waals surface area contributed by atoms with E-state index in [1.54, 1.807) is 19.2 Å². The molecule has 0 spiro atoms. The summed E-state index contributed by atoms with van der Waals surface area (Å²) in [4.78, 5) is 12.2. The summed E-state index contributed by atoms with van der Waals surface area (Å²) in [5, 5.41) is 6.65. The van der Waals surface area contributed by atoms with Crippen molar-refractivity contribution in [3.63, 3.8) is 0 Å². The highest BCUT2D eigenvalue weighted by atomic mass is 35.5. The minimum absolute atomic E-state index is 0.0458. The number of carbonyl (C=O) groups excluding carboxylic acids is 1. The van der Waals surface area contributed by atoms with Crippen molar-refractivity contribution >= 4 is 23.2 Å². The summed E-state index contributed by atoms with van der Waals surface area (Å²) >= 11 is 5.96. The summed E-state index contributed by atoms with van der Waals surface area (Å²) in [5.41, 5.74) is 1.36. The zero-order valence-electron chi connectivity index (χ0n) is 11.6. The van der Waals surface area contributed by atoms with Gasteiger partial charge < -0.3 is 15.4 Å². The second-order valence-corrected chi connectivity index (χ2v) is 4.88. The zero-order chi connectivity index (χ0) is 14.3. The van der Waals surface area contributed by atoms with Gasteiger partial charge in [-0.1, -0.05) is 18.5 Å². The minimum atomic E-state index is -0.148. The predicted octanol–water partition coefficient (Wildman–Crippen LogP) is 2.93. The van der Waals surface area contributed by atoms with Crippen LogP contribution in [0.4, 0.5) is 5.69 Å². The smallest absolute Gasteiger partial charge is 0.253 e. The molecule has 19 heavy (non-hydrogen) atoms. The van der Waals surface area contributed by atoms with E-state index in [0.717, 1.165) is 18.7 Å². The molecule has 4 nitrogen and oxygen atoms in total. The molecule has 0 aliphatic heterocycles. The third-order valence-corrected chi connectivity index (χ3v) is 2.82. The van der Waals surface area contributed by atoms with Crippen molar-refractivity contribution in [1.29, 1.82) is 0 Å². The van der Waals surface area contributed by atoms with Gasteiger partial charge >= 0.3 is 0 Å². The van der Waals surface area contributed by atoms with E-state index < -0.39 is 0 Å². The summed E-state index contributed by atoms with van der Waals surface area (Å²) < 4.78 is 5.00. The van der Waals surface area contributed by atoms with Crippen LogP contribution in [0.2, 0.25) is 5.02 Å². The Morgan fingerprint density at radius 1 is 1.47 bits per heavy atom. The summed E-state index contributed by atoms with van der Waals surface area (Å²) in [6, 6.07) is 5.23. The normalized spacial score (nSPS) is 12.0. The third-order valence-electron chi connectivity index (χ3n) is 2.59. The fraction of sp³-hybridized carbons (Fsp3) is 0.500. The van der Waals surface area contributed by atoms with E-state index in [-0.39, 0.29) is 11.9 Å². The SMILES string of the molecule is CCCNc1ccc(Cl)cc1C(=O)NC(C)COC. The molecule has 0 heterocycles. The third kappa shape index (κ3) is 5.09. The number of anilines is 1. The Kier molecular flexibility index (Phi) is 6.67. The molecule has 0 aliphatic carbocycles. The molecule has 2 N–H and O–H groups in total. The van der Waals surface area contributed by atoms with Crippen molar-refractivity contribution < 1.29 is 9.53 Å². The number of benzene rings is 1. The Balaban J connectivity index is 2.84. The maximum Gasteiger partial charge on any atom is 0.253 e. The number of halogens is 1. The van der Waals surface area contributed by atoms with Gasteiger partial charge in [-0.05, 0) is 31.5 Å². The molecule has 1 atom stereocenters. The summed E-state index contributed by atoms with van der Waals surface area (Å²) in [5.74, 6) is -0.148. The maximum absolute atomic E-state index is 12.2. The molecule has 5 heteroatoms. The lowest BCUT2D eigenvalue weighted by Crippen LogP contribution is -2.36. The van der Waals surface area contributed by atoms with E-state index in [9.17, 15) is 4.79 Å². The molecule has 0 fully saturated rings. The average molecular weight is 285 g/mol. The number of amides is 1. The largest absolute Gasteiger partial charge is 0.384 e. The number of carbonyl (C=O) groups is 1. The van der Waals surface area contributed by atoms with Crippen LogP contribution in [0.3, 0.4) is 0 Å². The molecule has 0 saturated heterocycles. The van der Waals surface area contributed by atoms with Crippen LogP contribution in [0.1, 0.15) is 30.6 Å².